The Kier molecular flexibility index (Phi) is 7.53. The Balaban J connectivity index is 2.50. The molecule has 1 rings (SSSR count). The molecule has 6 nitrogen and oxygen atoms in total. The normalized spacial score (nSPS) is 12.5. The number of aldehydes is 2. The Bertz CT molecular complexity index is 591. The zero-order valence-corrected chi connectivity index (χ0v) is 12.9. The van der Waals surface area contributed by atoms with Crippen LogP contribution in [0, 0.1) is 5.92 Å². The predicted octanol–water partition coefficient (Wildman–Crippen LogP) is 1.92. The van der Waals surface area contributed by atoms with E-state index in [0.29, 0.717) is 30.1 Å². The van der Waals surface area contributed by atoms with Crippen molar-refractivity contribution in [2.45, 2.75) is 26.2 Å². The van der Waals surface area contributed by atoms with Crippen LogP contribution >= 0.6 is 0 Å². The first-order valence-electron chi connectivity index (χ1n) is 7.23. The van der Waals surface area contributed by atoms with Crippen LogP contribution in [-0.4, -0.2) is 35.4 Å². The number of aromatic hydroxyl groups is 2. The maximum Gasteiger partial charge on any atom is 0.306 e. The molecule has 0 spiro atoms. The van der Waals surface area contributed by atoms with Gasteiger partial charge in [-0.3, -0.25) is 9.59 Å². The van der Waals surface area contributed by atoms with Gasteiger partial charge < -0.3 is 19.7 Å². The molecule has 0 aliphatic rings. The van der Waals surface area contributed by atoms with E-state index < -0.39 is 11.9 Å². The summed E-state index contributed by atoms with van der Waals surface area (Å²) in [5.41, 5.74) is 1.11. The van der Waals surface area contributed by atoms with Gasteiger partial charge in [0.15, 0.2) is 11.5 Å². The molecule has 0 radical (unpaired) electrons. The van der Waals surface area contributed by atoms with Crippen molar-refractivity contribution in [1.82, 2.24) is 0 Å². The summed E-state index contributed by atoms with van der Waals surface area (Å²) in [7, 11) is 0. The van der Waals surface area contributed by atoms with E-state index in [4.69, 9.17) is 4.74 Å². The number of phenolic OH excluding ortho intramolecular Hbond substituents is 2. The van der Waals surface area contributed by atoms with E-state index in [9.17, 15) is 24.6 Å². The molecule has 1 atom stereocenters. The topological polar surface area (TPSA) is 101 Å². The van der Waals surface area contributed by atoms with Crippen LogP contribution in [0.5, 0.6) is 11.5 Å². The van der Waals surface area contributed by atoms with Gasteiger partial charge in [-0.2, -0.15) is 0 Å². The minimum Gasteiger partial charge on any atom is -0.504 e. The first-order chi connectivity index (χ1) is 11.0. The summed E-state index contributed by atoms with van der Waals surface area (Å²) >= 11 is 0. The number of hydrogen-bond donors (Lipinski definition) is 2. The number of ether oxygens (including phenoxy) is 1. The number of allylic oxidation sites excluding steroid dienone is 2. The summed E-state index contributed by atoms with van der Waals surface area (Å²) in [5.74, 6) is -1.42. The summed E-state index contributed by atoms with van der Waals surface area (Å²) in [5, 5.41) is 18.6. The number of hydrogen-bond acceptors (Lipinski definition) is 6. The van der Waals surface area contributed by atoms with Crippen LogP contribution < -0.4 is 0 Å². The van der Waals surface area contributed by atoms with Crippen molar-refractivity contribution in [3.8, 4) is 11.5 Å². The Labute approximate surface area is 134 Å². The molecular formula is C17H20O6. The molecule has 0 amide bonds. The molecule has 1 aromatic carbocycles. The number of benzene rings is 1. The molecule has 0 saturated carbocycles. The fraction of sp³-hybridized carbons (Fsp3) is 0.353. The van der Waals surface area contributed by atoms with Crippen LogP contribution in [0.4, 0.5) is 0 Å². The van der Waals surface area contributed by atoms with Gasteiger partial charge >= 0.3 is 5.97 Å². The Morgan fingerprint density at radius 3 is 2.57 bits per heavy atom. The van der Waals surface area contributed by atoms with Gasteiger partial charge in [0.2, 0.25) is 0 Å². The van der Waals surface area contributed by atoms with E-state index in [1.165, 1.54) is 12.1 Å². The fourth-order valence-electron chi connectivity index (χ4n) is 2.12. The lowest BCUT2D eigenvalue weighted by Crippen LogP contribution is -2.16. The van der Waals surface area contributed by atoms with Crippen molar-refractivity contribution in [3.05, 3.63) is 35.4 Å². The van der Waals surface area contributed by atoms with Crippen molar-refractivity contribution in [1.29, 1.82) is 0 Å². The van der Waals surface area contributed by atoms with Crippen molar-refractivity contribution in [3.63, 3.8) is 0 Å². The summed E-state index contributed by atoms with van der Waals surface area (Å²) in [6, 6.07) is 4.36. The average molecular weight is 320 g/mol. The van der Waals surface area contributed by atoms with Crippen LogP contribution in [0.15, 0.2) is 29.8 Å². The molecular weight excluding hydrogens is 300 g/mol. The Morgan fingerprint density at radius 1 is 1.26 bits per heavy atom. The lowest BCUT2D eigenvalue weighted by atomic mass is 9.93. The molecule has 0 aliphatic heterocycles. The summed E-state index contributed by atoms with van der Waals surface area (Å²) in [6.45, 7) is 1.77. The second-order valence-electron chi connectivity index (χ2n) is 5.00. The van der Waals surface area contributed by atoms with E-state index in [1.54, 1.807) is 19.1 Å². The average Bonchev–Trinajstić information content (AvgIpc) is 2.52. The standard InChI is InChI=1S/C17H20O6/c1-2-13(11-19)14(5-7-18)10-17(22)23-8-6-12-3-4-15(20)16(21)9-12/h2-4,7,9,11,14,20-21H,5-6,8,10H2,1H3/b13-2-/t14-/m0/s1. The fourth-order valence-corrected chi connectivity index (χ4v) is 2.12. The summed E-state index contributed by atoms with van der Waals surface area (Å²) in [6.07, 6.45) is 3.30. The summed E-state index contributed by atoms with van der Waals surface area (Å²) in [4.78, 5) is 33.4. The first-order valence-corrected chi connectivity index (χ1v) is 7.23. The summed E-state index contributed by atoms with van der Waals surface area (Å²) < 4.78 is 5.09. The molecule has 23 heavy (non-hydrogen) atoms. The number of carbonyl (C=O) groups excluding carboxylic acids is 3. The third-order valence-corrected chi connectivity index (χ3v) is 3.43. The predicted molar refractivity (Wildman–Crippen MR) is 83.0 cm³/mol. The van der Waals surface area contributed by atoms with Gasteiger partial charge in [-0.25, -0.2) is 0 Å². The van der Waals surface area contributed by atoms with Crippen LogP contribution in [0.3, 0.4) is 0 Å². The molecule has 0 unspecified atom stereocenters. The SMILES string of the molecule is C/C=C(/C=O)[C@@H](CC=O)CC(=O)OCCc1ccc(O)c(O)c1. The zero-order chi connectivity index (χ0) is 17.2. The lowest BCUT2D eigenvalue weighted by molar-refractivity contribution is -0.144. The zero-order valence-electron chi connectivity index (χ0n) is 12.9. The molecule has 1 aromatic rings. The maximum atomic E-state index is 11.8. The molecule has 0 fully saturated rings. The van der Waals surface area contributed by atoms with Crippen molar-refractivity contribution in [2.24, 2.45) is 5.92 Å². The lowest BCUT2D eigenvalue weighted by Gasteiger charge is -2.13. The minimum absolute atomic E-state index is 0.0437. The number of carbonyl (C=O) groups is 3. The highest BCUT2D eigenvalue weighted by Gasteiger charge is 2.18. The minimum atomic E-state index is -0.499. The highest BCUT2D eigenvalue weighted by Crippen LogP contribution is 2.25. The van der Waals surface area contributed by atoms with E-state index in [2.05, 4.69) is 0 Å². The van der Waals surface area contributed by atoms with E-state index >= 15 is 0 Å². The van der Waals surface area contributed by atoms with Gasteiger partial charge in [0, 0.05) is 18.8 Å². The van der Waals surface area contributed by atoms with Gasteiger partial charge in [-0.15, -0.1) is 0 Å². The van der Waals surface area contributed by atoms with E-state index in [0.717, 1.165) is 0 Å². The van der Waals surface area contributed by atoms with Crippen LogP contribution in [0.25, 0.3) is 0 Å². The highest BCUT2D eigenvalue weighted by atomic mass is 16.5. The van der Waals surface area contributed by atoms with Crippen LogP contribution in [0.1, 0.15) is 25.3 Å². The van der Waals surface area contributed by atoms with Gasteiger partial charge in [0.25, 0.3) is 0 Å². The van der Waals surface area contributed by atoms with Gasteiger partial charge in [-0.1, -0.05) is 12.1 Å². The van der Waals surface area contributed by atoms with Gasteiger partial charge in [0.05, 0.1) is 13.0 Å². The third kappa shape index (κ3) is 5.94. The molecule has 2 N–H and O–H groups in total. The molecule has 0 saturated heterocycles. The second-order valence-corrected chi connectivity index (χ2v) is 5.00. The highest BCUT2D eigenvalue weighted by molar-refractivity contribution is 5.78. The Hall–Kier alpha value is -2.63. The molecule has 6 heteroatoms. The molecule has 0 bridgehead atoms. The molecule has 0 heterocycles. The quantitative estimate of drug-likeness (QED) is 0.312. The first kappa shape index (κ1) is 18.4. The maximum absolute atomic E-state index is 11.8. The van der Waals surface area contributed by atoms with Crippen LogP contribution in [0.2, 0.25) is 0 Å². The van der Waals surface area contributed by atoms with Crippen molar-refractivity contribution in [2.75, 3.05) is 6.61 Å². The monoisotopic (exact) mass is 320 g/mol. The van der Waals surface area contributed by atoms with E-state index in [1.807, 2.05) is 0 Å². The second kappa shape index (κ2) is 9.40. The largest absolute Gasteiger partial charge is 0.504 e. The Morgan fingerprint density at radius 2 is 2.00 bits per heavy atom. The molecule has 124 valence electrons. The van der Waals surface area contributed by atoms with Gasteiger partial charge in [0.1, 0.15) is 12.6 Å². The smallest absolute Gasteiger partial charge is 0.306 e. The number of phenols is 2. The van der Waals surface area contributed by atoms with Crippen molar-refractivity contribution >= 4 is 18.5 Å². The third-order valence-electron chi connectivity index (χ3n) is 3.43. The number of rotatable bonds is 9. The van der Waals surface area contributed by atoms with E-state index in [-0.39, 0.29) is 30.9 Å². The van der Waals surface area contributed by atoms with Crippen LogP contribution in [-0.2, 0) is 25.5 Å². The molecule has 0 aromatic heterocycles. The van der Waals surface area contributed by atoms with Crippen molar-refractivity contribution < 1.29 is 29.3 Å². The molecule has 0 aliphatic carbocycles. The number of esters is 1. The van der Waals surface area contributed by atoms with Gasteiger partial charge in [-0.05, 0) is 30.2 Å².